The fourth-order valence-electron chi connectivity index (χ4n) is 0.292. The van der Waals surface area contributed by atoms with Gasteiger partial charge >= 0.3 is 6.09 Å². The Kier molecular flexibility index (Phi) is 4.30. The monoisotopic (exact) mass is 149 g/mol. The minimum Gasteiger partial charge on any atom is -0.446 e. The van der Waals surface area contributed by atoms with Crippen molar-refractivity contribution in [3.63, 3.8) is 0 Å². The third kappa shape index (κ3) is 4.14. The number of carbonyl (C=O) groups excluding carboxylic acids is 1. The van der Waals surface area contributed by atoms with Crippen molar-refractivity contribution >= 4 is 18.9 Å². The Bertz CT molecular complexity index is 97.0. The maximum atomic E-state index is 10.4. The summed E-state index contributed by atoms with van der Waals surface area (Å²) >= 11 is 3.50. The van der Waals surface area contributed by atoms with Crippen LogP contribution < -0.4 is 4.72 Å². The fraction of sp³-hybridized carbons (Fsp3) is 0.800. The van der Waals surface area contributed by atoms with Crippen molar-refractivity contribution in [1.29, 1.82) is 0 Å². The molecule has 0 bridgehead atoms. The molecule has 0 saturated carbocycles. The molecular weight excluding hydrogens is 138 g/mol. The van der Waals surface area contributed by atoms with E-state index in [1.807, 2.05) is 13.8 Å². The highest BCUT2D eigenvalue weighted by Gasteiger charge is 2.03. The summed E-state index contributed by atoms with van der Waals surface area (Å²) in [5.74, 6) is 0. The first-order chi connectivity index (χ1) is 4.20. The number of nitrogens with one attached hydrogen (secondary N) is 1. The van der Waals surface area contributed by atoms with Gasteiger partial charge in [0.05, 0.1) is 0 Å². The van der Waals surface area contributed by atoms with E-state index in [0.717, 1.165) is 6.42 Å². The van der Waals surface area contributed by atoms with E-state index in [4.69, 9.17) is 4.74 Å². The van der Waals surface area contributed by atoms with E-state index in [1.54, 1.807) is 0 Å². The quantitative estimate of drug-likeness (QED) is 0.582. The number of amides is 1. The van der Waals surface area contributed by atoms with Crippen molar-refractivity contribution in [2.45, 2.75) is 26.4 Å². The fourth-order valence-corrected chi connectivity index (χ4v) is 0.345. The van der Waals surface area contributed by atoms with Gasteiger partial charge in [0.25, 0.3) is 0 Å². The van der Waals surface area contributed by atoms with Crippen LogP contribution >= 0.6 is 12.8 Å². The molecule has 0 heterocycles. The standard InChI is InChI=1S/C5H11NO2S/c1-3-4(2)8-5(7)6-9/h4,9H,3H2,1-2H3,(H,6,7). The van der Waals surface area contributed by atoms with E-state index in [-0.39, 0.29) is 6.10 Å². The number of thiol groups is 1. The van der Waals surface area contributed by atoms with Crippen LogP contribution in [0.3, 0.4) is 0 Å². The molecule has 1 amide bonds. The van der Waals surface area contributed by atoms with Gasteiger partial charge < -0.3 is 4.74 Å². The number of carbonyl (C=O) groups is 1. The minimum absolute atomic E-state index is 0.0304. The lowest BCUT2D eigenvalue weighted by molar-refractivity contribution is 0.111. The lowest BCUT2D eigenvalue weighted by Crippen LogP contribution is -2.20. The first-order valence-electron chi connectivity index (χ1n) is 2.81. The summed E-state index contributed by atoms with van der Waals surface area (Å²) in [4.78, 5) is 10.4. The normalized spacial score (nSPS) is 12.3. The molecule has 1 unspecified atom stereocenters. The van der Waals surface area contributed by atoms with Crippen LogP contribution in [0.1, 0.15) is 20.3 Å². The zero-order chi connectivity index (χ0) is 7.28. The molecule has 4 heteroatoms. The first kappa shape index (κ1) is 8.62. The topological polar surface area (TPSA) is 38.3 Å². The lowest BCUT2D eigenvalue weighted by atomic mass is 10.3. The van der Waals surface area contributed by atoms with E-state index in [1.165, 1.54) is 0 Å². The molecule has 0 aromatic heterocycles. The van der Waals surface area contributed by atoms with Crippen LogP contribution in [0.4, 0.5) is 4.79 Å². The Hall–Kier alpha value is -0.380. The highest BCUT2D eigenvalue weighted by molar-refractivity contribution is 7.78. The van der Waals surface area contributed by atoms with E-state index >= 15 is 0 Å². The zero-order valence-corrected chi connectivity index (χ0v) is 6.44. The van der Waals surface area contributed by atoms with Crippen molar-refractivity contribution in [1.82, 2.24) is 4.72 Å². The van der Waals surface area contributed by atoms with Crippen LogP contribution in [-0.4, -0.2) is 12.2 Å². The van der Waals surface area contributed by atoms with Gasteiger partial charge in [-0.3, -0.25) is 4.72 Å². The Labute approximate surface area is 60.3 Å². The van der Waals surface area contributed by atoms with Crippen molar-refractivity contribution in [2.75, 3.05) is 0 Å². The largest absolute Gasteiger partial charge is 0.446 e. The maximum Gasteiger partial charge on any atom is 0.417 e. The van der Waals surface area contributed by atoms with Gasteiger partial charge in [-0.05, 0) is 13.3 Å². The Morgan fingerprint density at radius 1 is 1.89 bits per heavy atom. The third-order valence-corrected chi connectivity index (χ3v) is 1.16. The van der Waals surface area contributed by atoms with Crippen LogP contribution in [0.2, 0.25) is 0 Å². The Morgan fingerprint density at radius 2 is 2.44 bits per heavy atom. The molecule has 0 aliphatic heterocycles. The number of rotatable bonds is 2. The molecular formula is C5H11NO2S. The molecule has 54 valence electrons. The van der Waals surface area contributed by atoms with E-state index < -0.39 is 6.09 Å². The molecule has 0 saturated heterocycles. The van der Waals surface area contributed by atoms with Crippen LogP contribution in [0.15, 0.2) is 0 Å². The molecule has 0 aliphatic rings. The Balaban J connectivity index is 3.34. The summed E-state index contributed by atoms with van der Waals surface area (Å²) in [5, 5.41) is 0. The number of hydrogen-bond acceptors (Lipinski definition) is 3. The lowest BCUT2D eigenvalue weighted by Gasteiger charge is -2.08. The SMILES string of the molecule is CCC(C)OC(=O)NS. The first-order valence-corrected chi connectivity index (χ1v) is 3.26. The molecule has 0 fully saturated rings. The van der Waals surface area contributed by atoms with E-state index in [2.05, 4.69) is 17.5 Å². The van der Waals surface area contributed by atoms with Crippen molar-refractivity contribution in [3.8, 4) is 0 Å². The van der Waals surface area contributed by atoms with Gasteiger partial charge in [0.15, 0.2) is 0 Å². The van der Waals surface area contributed by atoms with Crippen LogP contribution in [-0.2, 0) is 4.74 Å². The summed E-state index contributed by atoms with van der Waals surface area (Å²) in [6, 6.07) is 0. The smallest absolute Gasteiger partial charge is 0.417 e. The molecule has 3 nitrogen and oxygen atoms in total. The van der Waals surface area contributed by atoms with E-state index in [9.17, 15) is 4.79 Å². The number of hydrogen-bond donors (Lipinski definition) is 2. The molecule has 9 heavy (non-hydrogen) atoms. The van der Waals surface area contributed by atoms with Crippen LogP contribution in [0.25, 0.3) is 0 Å². The van der Waals surface area contributed by atoms with E-state index in [0.29, 0.717) is 0 Å². The second-order valence-corrected chi connectivity index (χ2v) is 1.96. The van der Waals surface area contributed by atoms with Gasteiger partial charge in [-0.1, -0.05) is 19.7 Å². The Morgan fingerprint density at radius 3 is 2.78 bits per heavy atom. The maximum absolute atomic E-state index is 10.4. The van der Waals surface area contributed by atoms with Gasteiger partial charge in [-0.25, -0.2) is 4.79 Å². The molecule has 0 spiro atoms. The summed E-state index contributed by atoms with van der Waals surface area (Å²) in [5.41, 5.74) is 0. The summed E-state index contributed by atoms with van der Waals surface area (Å²) < 4.78 is 6.79. The highest BCUT2D eigenvalue weighted by Crippen LogP contribution is 1.95. The van der Waals surface area contributed by atoms with Gasteiger partial charge in [-0.15, -0.1) is 0 Å². The molecule has 0 rings (SSSR count). The van der Waals surface area contributed by atoms with Crippen LogP contribution in [0.5, 0.6) is 0 Å². The molecule has 0 aromatic rings. The second-order valence-electron chi connectivity index (χ2n) is 1.74. The molecule has 0 radical (unpaired) electrons. The number of ether oxygens (including phenoxy) is 1. The molecule has 0 aromatic carbocycles. The predicted molar refractivity (Wildman–Crippen MR) is 38.4 cm³/mol. The van der Waals surface area contributed by atoms with Gasteiger partial charge in [0.2, 0.25) is 0 Å². The minimum atomic E-state index is -0.493. The van der Waals surface area contributed by atoms with Crippen molar-refractivity contribution in [3.05, 3.63) is 0 Å². The van der Waals surface area contributed by atoms with Crippen molar-refractivity contribution < 1.29 is 9.53 Å². The van der Waals surface area contributed by atoms with Crippen LogP contribution in [0, 0.1) is 0 Å². The molecule has 0 aliphatic carbocycles. The predicted octanol–water partition coefficient (Wildman–Crippen LogP) is 1.36. The van der Waals surface area contributed by atoms with Crippen molar-refractivity contribution in [2.24, 2.45) is 0 Å². The van der Waals surface area contributed by atoms with Gasteiger partial charge in [0, 0.05) is 0 Å². The molecule has 1 N–H and O–H groups in total. The summed E-state index contributed by atoms with van der Waals surface area (Å²) in [6.45, 7) is 3.76. The summed E-state index contributed by atoms with van der Waals surface area (Å²) in [6.07, 6.45) is 0.297. The second kappa shape index (κ2) is 4.49. The average molecular weight is 149 g/mol. The van der Waals surface area contributed by atoms with Gasteiger partial charge in [-0.2, -0.15) is 0 Å². The zero-order valence-electron chi connectivity index (χ0n) is 5.55. The summed E-state index contributed by atoms with van der Waals surface area (Å²) in [7, 11) is 0. The highest BCUT2D eigenvalue weighted by atomic mass is 32.1. The average Bonchev–Trinajstić information content (AvgIpc) is 1.87. The molecule has 1 atom stereocenters. The third-order valence-electron chi connectivity index (χ3n) is 0.974. The van der Waals surface area contributed by atoms with Gasteiger partial charge in [0.1, 0.15) is 6.10 Å².